The molecule has 0 fully saturated rings. The van der Waals surface area contributed by atoms with E-state index in [-0.39, 0.29) is 20.4 Å². The molecule has 226 valence electrons. The smallest absolute Gasteiger partial charge is 0.0587 e. The number of hydrogen-bond acceptors (Lipinski definition) is 2. The molecule has 0 saturated heterocycles. The third kappa shape index (κ3) is 12.4. The molecule has 0 N–H and O–H groups in total. The maximum absolute atomic E-state index is 7.32. The first-order valence-corrected chi connectivity index (χ1v) is 16.9. The molecule has 0 aliphatic rings. The topological polar surface area (TPSA) is 47.6 Å². The predicted molar refractivity (Wildman–Crippen MR) is 193 cm³/mol. The van der Waals surface area contributed by atoms with Crippen molar-refractivity contribution in [1.29, 1.82) is 10.5 Å². The SMILES string of the molecule is CC#N.CC#N.[Pd].c1ccc(P(c2ccccc2)c2ccccc2)cc1.c1ccc(P(c2ccccc2)c2ccccc2)cc1. The van der Waals surface area contributed by atoms with Gasteiger partial charge in [0.2, 0.25) is 0 Å². The van der Waals surface area contributed by atoms with Gasteiger partial charge in [0.1, 0.15) is 0 Å². The molecule has 0 amide bonds. The Labute approximate surface area is 285 Å². The Bertz CT molecular complexity index is 1360. The minimum atomic E-state index is -0.446. The normalized spacial score (nSPS) is 9.29. The van der Waals surface area contributed by atoms with Crippen molar-refractivity contribution in [3.8, 4) is 12.1 Å². The van der Waals surface area contributed by atoms with Gasteiger partial charge in [-0.15, -0.1) is 0 Å². The van der Waals surface area contributed by atoms with Gasteiger partial charge in [-0.1, -0.05) is 182 Å². The van der Waals surface area contributed by atoms with Gasteiger partial charge in [-0.2, -0.15) is 10.5 Å². The van der Waals surface area contributed by atoms with E-state index in [1.165, 1.54) is 45.7 Å². The van der Waals surface area contributed by atoms with Crippen molar-refractivity contribution in [3.05, 3.63) is 182 Å². The van der Waals surface area contributed by atoms with E-state index >= 15 is 0 Å². The molecule has 6 aromatic rings. The third-order valence-corrected chi connectivity index (χ3v) is 11.0. The Morgan fingerprint density at radius 1 is 0.311 bits per heavy atom. The fourth-order valence-electron chi connectivity index (χ4n) is 4.36. The van der Waals surface area contributed by atoms with E-state index in [2.05, 4.69) is 182 Å². The first kappa shape index (κ1) is 37.0. The Balaban J connectivity index is 0.000000262. The zero-order chi connectivity index (χ0) is 31.2. The molecule has 0 bridgehead atoms. The molecule has 6 rings (SSSR count). The number of rotatable bonds is 6. The van der Waals surface area contributed by atoms with Crippen molar-refractivity contribution in [2.24, 2.45) is 0 Å². The molecule has 0 unspecified atom stereocenters. The molecule has 0 saturated carbocycles. The minimum absolute atomic E-state index is 0. The van der Waals surface area contributed by atoms with Crippen LogP contribution >= 0.6 is 15.8 Å². The van der Waals surface area contributed by atoms with Gasteiger partial charge in [0.15, 0.2) is 0 Å². The van der Waals surface area contributed by atoms with Crippen molar-refractivity contribution in [2.75, 3.05) is 0 Å². The fourth-order valence-corrected chi connectivity index (χ4v) is 8.97. The zero-order valence-corrected chi connectivity index (χ0v) is 28.8. The molecule has 2 nitrogen and oxygen atoms in total. The molecule has 6 aromatic carbocycles. The van der Waals surface area contributed by atoms with Gasteiger partial charge >= 0.3 is 0 Å². The Hall–Kier alpha value is -4.18. The van der Waals surface area contributed by atoms with E-state index < -0.39 is 15.8 Å². The summed E-state index contributed by atoms with van der Waals surface area (Å²) in [6, 6.07) is 68.2. The van der Waals surface area contributed by atoms with Crippen LogP contribution in [0.15, 0.2) is 182 Å². The molecule has 5 heteroatoms. The van der Waals surface area contributed by atoms with Crippen LogP contribution in [0.2, 0.25) is 0 Å². The fraction of sp³-hybridized carbons (Fsp3) is 0.0500. The van der Waals surface area contributed by atoms with Gasteiger partial charge in [-0.3, -0.25) is 0 Å². The molecule has 0 aliphatic heterocycles. The Morgan fingerprint density at radius 3 is 0.533 bits per heavy atom. The van der Waals surface area contributed by atoms with Crippen molar-refractivity contribution in [2.45, 2.75) is 13.8 Å². The van der Waals surface area contributed by atoms with Crippen LogP contribution in [0.3, 0.4) is 0 Å². The summed E-state index contributed by atoms with van der Waals surface area (Å²) in [7, 11) is -0.892. The van der Waals surface area contributed by atoms with Crippen LogP contribution in [-0.2, 0) is 20.4 Å². The second kappa shape index (κ2) is 22.3. The first-order valence-electron chi connectivity index (χ1n) is 14.3. The second-order valence-corrected chi connectivity index (χ2v) is 13.6. The van der Waals surface area contributed by atoms with E-state index in [0.29, 0.717) is 0 Å². The summed E-state index contributed by atoms with van der Waals surface area (Å²) in [5.74, 6) is 0. The van der Waals surface area contributed by atoms with Gasteiger partial charge in [0, 0.05) is 34.3 Å². The number of hydrogen-bond donors (Lipinski definition) is 0. The monoisotopic (exact) mass is 712 g/mol. The molecular weight excluding hydrogens is 677 g/mol. The van der Waals surface area contributed by atoms with Gasteiger partial charge in [-0.05, 0) is 47.7 Å². The molecular formula is C40H36N2P2Pd. The van der Waals surface area contributed by atoms with Crippen LogP contribution < -0.4 is 31.8 Å². The average Bonchev–Trinajstić information content (AvgIpc) is 3.09. The van der Waals surface area contributed by atoms with Crippen LogP contribution in [0.4, 0.5) is 0 Å². The van der Waals surface area contributed by atoms with E-state index in [0.717, 1.165) is 0 Å². The summed E-state index contributed by atoms with van der Waals surface area (Å²) < 4.78 is 0. The van der Waals surface area contributed by atoms with Crippen molar-refractivity contribution >= 4 is 47.7 Å². The summed E-state index contributed by atoms with van der Waals surface area (Å²) in [5.41, 5.74) is 0. The van der Waals surface area contributed by atoms with Crippen molar-refractivity contribution < 1.29 is 20.4 Å². The molecule has 0 aliphatic carbocycles. The van der Waals surface area contributed by atoms with E-state index in [1.807, 2.05) is 0 Å². The Kier molecular flexibility index (Phi) is 18.4. The molecule has 0 atom stereocenters. The summed E-state index contributed by atoms with van der Waals surface area (Å²) in [6.45, 7) is 2.86. The summed E-state index contributed by atoms with van der Waals surface area (Å²) in [4.78, 5) is 0. The average molecular weight is 713 g/mol. The number of nitriles is 2. The van der Waals surface area contributed by atoms with Gasteiger partial charge in [-0.25, -0.2) is 0 Å². The van der Waals surface area contributed by atoms with Crippen LogP contribution in [0.25, 0.3) is 0 Å². The van der Waals surface area contributed by atoms with Crippen LogP contribution in [0, 0.1) is 22.7 Å². The standard InChI is InChI=1S/2C18H15P.2C2H3N.Pd/c2*1-4-10-16(11-5-1)19(17-12-6-2-7-13-17)18-14-8-3-9-15-18;2*1-2-3;/h2*1-15H;2*1H3;. The van der Waals surface area contributed by atoms with Gasteiger partial charge < -0.3 is 0 Å². The van der Waals surface area contributed by atoms with Crippen LogP contribution in [0.5, 0.6) is 0 Å². The number of benzene rings is 6. The van der Waals surface area contributed by atoms with E-state index in [1.54, 1.807) is 12.1 Å². The molecule has 0 heterocycles. The Morgan fingerprint density at radius 2 is 0.422 bits per heavy atom. The van der Waals surface area contributed by atoms with Crippen molar-refractivity contribution in [1.82, 2.24) is 0 Å². The third-order valence-electron chi connectivity index (χ3n) is 6.09. The zero-order valence-electron chi connectivity index (χ0n) is 25.4. The van der Waals surface area contributed by atoms with Crippen LogP contribution in [0.1, 0.15) is 13.8 Å². The van der Waals surface area contributed by atoms with Gasteiger partial charge in [0.25, 0.3) is 0 Å². The molecule has 45 heavy (non-hydrogen) atoms. The quantitative estimate of drug-likeness (QED) is 0.130. The van der Waals surface area contributed by atoms with Crippen LogP contribution in [-0.4, -0.2) is 0 Å². The summed E-state index contributed by atoms with van der Waals surface area (Å²) in [6.07, 6.45) is 0. The van der Waals surface area contributed by atoms with Crippen molar-refractivity contribution in [3.63, 3.8) is 0 Å². The maximum atomic E-state index is 7.32. The predicted octanol–water partition coefficient (Wildman–Crippen LogP) is 7.95. The maximum Gasteiger partial charge on any atom is 0.0587 e. The first-order chi connectivity index (χ1) is 21.7. The van der Waals surface area contributed by atoms with E-state index in [9.17, 15) is 0 Å². The number of nitrogens with zero attached hydrogens (tertiary/aromatic N) is 2. The summed E-state index contributed by atoms with van der Waals surface area (Å²) >= 11 is 0. The molecule has 0 radical (unpaired) electrons. The minimum Gasteiger partial charge on any atom is -0.199 e. The molecule has 0 aromatic heterocycles. The largest absolute Gasteiger partial charge is 0.199 e. The molecule has 0 spiro atoms. The van der Waals surface area contributed by atoms with Gasteiger partial charge in [0.05, 0.1) is 12.1 Å². The second-order valence-electron chi connectivity index (χ2n) is 9.13. The van der Waals surface area contributed by atoms with E-state index in [4.69, 9.17) is 10.5 Å². The summed E-state index contributed by atoms with van der Waals surface area (Å²) in [5, 5.41) is 23.0.